The zero-order valence-corrected chi connectivity index (χ0v) is 19.3. The fourth-order valence-electron chi connectivity index (χ4n) is 3.71. The SMILES string of the molecule is Cc1ccccc1-c1nnc(-c2ccc(C(=O)Nc3nc(-c4ccc5c(c4)OCO5)cs3)cc2)o1. The second kappa shape index (κ2) is 8.69. The van der Waals surface area contributed by atoms with E-state index < -0.39 is 0 Å². The number of hydrogen-bond acceptors (Lipinski definition) is 8. The first-order chi connectivity index (χ1) is 17.1. The van der Waals surface area contributed by atoms with Crippen molar-refractivity contribution in [2.45, 2.75) is 6.92 Å². The van der Waals surface area contributed by atoms with Gasteiger partial charge >= 0.3 is 0 Å². The van der Waals surface area contributed by atoms with Crippen LogP contribution in [0.2, 0.25) is 0 Å². The summed E-state index contributed by atoms with van der Waals surface area (Å²) in [5.74, 6) is 2.00. The number of fused-ring (bicyclic) bond motifs is 1. The topological polar surface area (TPSA) is 99.4 Å². The van der Waals surface area contributed by atoms with Crippen LogP contribution in [0, 0.1) is 6.92 Å². The van der Waals surface area contributed by atoms with Crippen LogP contribution in [-0.2, 0) is 0 Å². The van der Waals surface area contributed by atoms with Crippen LogP contribution in [0.5, 0.6) is 11.5 Å². The van der Waals surface area contributed by atoms with Crippen molar-refractivity contribution in [3.8, 4) is 45.7 Å². The molecule has 1 aliphatic rings. The summed E-state index contributed by atoms with van der Waals surface area (Å²) < 4.78 is 16.6. The van der Waals surface area contributed by atoms with Crippen molar-refractivity contribution in [1.29, 1.82) is 0 Å². The van der Waals surface area contributed by atoms with E-state index in [0.717, 1.165) is 27.9 Å². The van der Waals surface area contributed by atoms with Gasteiger partial charge in [0.25, 0.3) is 5.91 Å². The number of nitrogens with zero attached hydrogens (tertiary/aromatic N) is 3. The molecule has 0 fully saturated rings. The summed E-state index contributed by atoms with van der Waals surface area (Å²) in [7, 11) is 0. The van der Waals surface area contributed by atoms with Gasteiger partial charge in [-0.1, -0.05) is 18.2 Å². The summed E-state index contributed by atoms with van der Waals surface area (Å²) in [6, 6.07) is 20.5. The Balaban J connectivity index is 1.15. The average molecular weight is 483 g/mol. The molecule has 0 aliphatic carbocycles. The van der Waals surface area contributed by atoms with E-state index in [2.05, 4.69) is 20.5 Å². The van der Waals surface area contributed by atoms with Gasteiger partial charge in [0.2, 0.25) is 18.6 Å². The van der Waals surface area contributed by atoms with Crippen molar-refractivity contribution < 1.29 is 18.7 Å². The standard InChI is InChI=1S/C26H18N4O4S/c1-15-4-2-3-5-19(15)25-30-29-24(34-25)17-8-6-16(7-9-17)23(31)28-26-27-20(13-35-26)18-10-11-21-22(12-18)33-14-32-21/h2-13H,14H2,1H3,(H,27,28,31). The van der Waals surface area contributed by atoms with Crippen LogP contribution in [-0.4, -0.2) is 27.9 Å². The van der Waals surface area contributed by atoms with E-state index in [9.17, 15) is 4.79 Å². The Morgan fingerprint density at radius 2 is 1.69 bits per heavy atom. The second-order valence-corrected chi connectivity index (χ2v) is 8.72. The Bertz CT molecular complexity index is 1540. The molecule has 3 heterocycles. The fourth-order valence-corrected chi connectivity index (χ4v) is 4.43. The zero-order valence-electron chi connectivity index (χ0n) is 18.5. The molecule has 5 aromatic rings. The summed E-state index contributed by atoms with van der Waals surface area (Å²) in [4.78, 5) is 17.3. The minimum atomic E-state index is -0.255. The molecule has 0 unspecified atom stereocenters. The van der Waals surface area contributed by atoms with E-state index in [1.807, 2.05) is 54.8 Å². The van der Waals surface area contributed by atoms with Gasteiger partial charge in [-0.05, 0) is 61.0 Å². The van der Waals surface area contributed by atoms with Crippen molar-refractivity contribution in [3.63, 3.8) is 0 Å². The molecule has 1 aliphatic heterocycles. The highest BCUT2D eigenvalue weighted by Crippen LogP contribution is 2.36. The smallest absolute Gasteiger partial charge is 0.257 e. The predicted octanol–water partition coefficient (Wildman–Crippen LogP) is 5.82. The number of hydrogen-bond donors (Lipinski definition) is 1. The van der Waals surface area contributed by atoms with Crippen molar-refractivity contribution >= 4 is 22.4 Å². The second-order valence-electron chi connectivity index (χ2n) is 7.86. The molecule has 172 valence electrons. The molecule has 3 aromatic carbocycles. The van der Waals surface area contributed by atoms with Crippen LogP contribution in [0.4, 0.5) is 5.13 Å². The first-order valence-electron chi connectivity index (χ1n) is 10.8. The summed E-state index contributed by atoms with van der Waals surface area (Å²) in [5, 5.41) is 13.6. The number of aromatic nitrogens is 3. The van der Waals surface area contributed by atoms with Gasteiger partial charge in [0.1, 0.15) is 0 Å². The number of carbonyl (C=O) groups is 1. The zero-order chi connectivity index (χ0) is 23.8. The lowest BCUT2D eigenvalue weighted by Gasteiger charge is -2.03. The lowest BCUT2D eigenvalue weighted by atomic mass is 10.1. The Hall–Kier alpha value is -4.50. The highest BCUT2D eigenvalue weighted by molar-refractivity contribution is 7.14. The molecule has 8 nitrogen and oxygen atoms in total. The summed E-state index contributed by atoms with van der Waals surface area (Å²) in [6.07, 6.45) is 0. The summed E-state index contributed by atoms with van der Waals surface area (Å²) in [5.41, 5.74) is 4.81. The molecule has 0 bridgehead atoms. The third-order valence-corrected chi connectivity index (χ3v) is 6.35. The number of benzene rings is 3. The maximum atomic E-state index is 12.8. The van der Waals surface area contributed by atoms with E-state index in [4.69, 9.17) is 13.9 Å². The molecule has 0 saturated carbocycles. The lowest BCUT2D eigenvalue weighted by Crippen LogP contribution is -2.11. The Morgan fingerprint density at radius 1 is 0.914 bits per heavy atom. The third kappa shape index (κ3) is 4.13. The normalized spacial score (nSPS) is 12.0. The number of nitrogens with one attached hydrogen (secondary N) is 1. The Labute approximate surface area is 204 Å². The van der Waals surface area contributed by atoms with E-state index >= 15 is 0 Å². The van der Waals surface area contributed by atoms with E-state index in [1.54, 1.807) is 24.3 Å². The quantitative estimate of drug-likeness (QED) is 0.337. The van der Waals surface area contributed by atoms with Gasteiger partial charge in [0.05, 0.1) is 5.69 Å². The molecule has 6 rings (SSSR count). The molecule has 0 radical (unpaired) electrons. The highest BCUT2D eigenvalue weighted by atomic mass is 32.1. The summed E-state index contributed by atoms with van der Waals surface area (Å²) in [6.45, 7) is 2.21. The molecular formula is C26H18N4O4S. The highest BCUT2D eigenvalue weighted by Gasteiger charge is 2.17. The fraction of sp³-hybridized carbons (Fsp3) is 0.0769. The van der Waals surface area contributed by atoms with Crippen LogP contribution in [0.25, 0.3) is 34.2 Å². The Morgan fingerprint density at radius 3 is 2.54 bits per heavy atom. The average Bonchev–Trinajstić information content (AvgIpc) is 3.65. The number of aryl methyl sites for hydroxylation is 1. The predicted molar refractivity (Wildman–Crippen MR) is 132 cm³/mol. The molecule has 1 N–H and O–H groups in total. The van der Waals surface area contributed by atoms with Crippen molar-refractivity contribution in [2.24, 2.45) is 0 Å². The number of rotatable bonds is 5. The summed E-state index contributed by atoms with van der Waals surface area (Å²) >= 11 is 1.35. The minimum Gasteiger partial charge on any atom is -0.454 e. The monoisotopic (exact) mass is 482 g/mol. The molecular weight excluding hydrogens is 464 g/mol. The van der Waals surface area contributed by atoms with Crippen molar-refractivity contribution in [3.05, 3.63) is 83.2 Å². The molecule has 1 amide bonds. The van der Waals surface area contributed by atoms with Gasteiger partial charge in [-0.3, -0.25) is 10.1 Å². The van der Waals surface area contributed by atoms with Crippen molar-refractivity contribution in [1.82, 2.24) is 15.2 Å². The van der Waals surface area contributed by atoms with Gasteiger partial charge < -0.3 is 13.9 Å². The van der Waals surface area contributed by atoms with Crippen LogP contribution >= 0.6 is 11.3 Å². The van der Waals surface area contributed by atoms with Crippen LogP contribution in [0.3, 0.4) is 0 Å². The molecule has 9 heteroatoms. The third-order valence-electron chi connectivity index (χ3n) is 5.59. The van der Waals surface area contributed by atoms with Gasteiger partial charge in [-0.25, -0.2) is 4.98 Å². The van der Waals surface area contributed by atoms with E-state index in [0.29, 0.717) is 34.0 Å². The van der Waals surface area contributed by atoms with Crippen LogP contribution in [0.1, 0.15) is 15.9 Å². The van der Waals surface area contributed by atoms with Gasteiger partial charge in [0, 0.05) is 27.6 Å². The van der Waals surface area contributed by atoms with Crippen LogP contribution in [0.15, 0.2) is 76.5 Å². The first-order valence-corrected chi connectivity index (χ1v) is 11.7. The molecule has 35 heavy (non-hydrogen) atoms. The van der Waals surface area contributed by atoms with Crippen molar-refractivity contribution in [2.75, 3.05) is 12.1 Å². The molecule has 0 spiro atoms. The lowest BCUT2D eigenvalue weighted by molar-refractivity contribution is 0.102. The maximum absolute atomic E-state index is 12.8. The number of amides is 1. The minimum absolute atomic E-state index is 0.219. The maximum Gasteiger partial charge on any atom is 0.257 e. The first kappa shape index (κ1) is 21.1. The molecule has 0 atom stereocenters. The largest absolute Gasteiger partial charge is 0.454 e. The number of anilines is 1. The van der Waals surface area contributed by atoms with Gasteiger partial charge in [-0.2, -0.15) is 0 Å². The van der Waals surface area contributed by atoms with Gasteiger partial charge in [-0.15, -0.1) is 21.5 Å². The number of ether oxygens (including phenoxy) is 2. The molecule has 2 aromatic heterocycles. The van der Waals surface area contributed by atoms with Crippen LogP contribution < -0.4 is 14.8 Å². The number of thiazole rings is 1. The Kier molecular flexibility index (Phi) is 5.23. The van der Waals surface area contributed by atoms with E-state index in [1.165, 1.54) is 11.3 Å². The van der Waals surface area contributed by atoms with Gasteiger partial charge in [0.15, 0.2) is 16.6 Å². The van der Waals surface area contributed by atoms with E-state index in [-0.39, 0.29) is 12.7 Å². The number of carbonyl (C=O) groups excluding carboxylic acids is 1. The molecule has 0 saturated heterocycles.